The van der Waals surface area contributed by atoms with Gasteiger partial charge in [-0.25, -0.2) is 4.39 Å². The number of benzene rings is 3. The molecule has 1 aliphatic heterocycles. The smallest absolute Gasteiger partial charge is 0.222 e. The molecule has 0 unspecified atom stereocenters. The molecule has 7 rings (SSSR count). The van der Waals surface area contributed by atoms with Crippen molar-refractivity contribution in [2.24, 2.45) is 0 Å². The van der Waals surface area contributed by atoms with Crippen LogP contribution in [0.25, 0.3) is 38.9 Å². The Kier molecular flexibility index (Phi) is 7.82. The highest BCUT2D eigenvalue weighted by molar-refractivity contribution is 6.04. The van der Waals surface area contributed by atoms with Gasteiger partial charge in [0.15, 0.2) is 24.5 Å². The van der Waals surface area contributed by atoms with Crippen LogP contribution in [0, 0.1) is 12.7 Å². The van der Waals surface area contributed by atoms with Crippen molar-refractivity contribution in [2.45, 2.75) is 91.1 Å². The molecular weight excluding hydrogens is 579 g/mol. The Morgan fingerprint density at radius 2 is 1.68 bits per heavy atom. The Morgan fingerprint density at radius 1 is 0.872 bits per heavy atom. The summed E-state index contributed by atoms with van der Waals surface area (Å²) in [5, 5.41) is 2.61. The lowest BCUT2D eigenvalue weighted by molar-refractivity contribution is -0.743. The number of nitrogens with zero attached hydrogens (tertiary/aromatic N) is 2. The van der Waals surface area contributed by atoms with Gasteiger partial charge >= 0.3 is 0 Å². The molecule has 0 N–H and O–H groups in total. The van der Waals surface area contributed by atoms with E-state index < -0.39 is 5.41 Å². The number of aromatic nitrogens is 2. The van der Waals surface area contributed by atoms with E-state index >= 15 is 4.39 Å². The summed E-state index contributed by atoms with van der Waals surface area (Å²) in [4.78, 5) is 0. The van der Waals surface area contributed by atoms with E-state index in [4.69, 9.17) is 4.74 Å². The summed E-state index contributed by atoms with van der Waals surface area (Å²) in [7, 11) is 1.72. The van der Waals surface area contributed by atoms with Gasteiger partial charge in [-0.3, -0.25) is 0 Å². The van der Waals surface area contributed by atoms with Gasteiger partial charge in [-0.15, -0.1) is 0 Å². The monoisotopic (exact) mass is 626 g/mol. The summed E-state index contributed by atoms with van der Waals surface area (Å²) in [6.45, 7) is 14.1. The second-order valence-corrected chi connectivity index (χ2v) is 14.0. The van der Waals surface area contributed by atoms with Crippen LogP contribution in [0.15, 0.2) is 85.2 Å². The van der Waals surface area contributed by atoms with Crippen molar-refractivity contribution in [1.82, 2.24) is 0 Å². The second-order valence-electron chi connectivity index (χ2n) is 14.0. The summed E-state index contributed by atoms with van der Waals surface area (Å²) in [5.74, 6) is 0.714. The van der Waals surface area contributed by atoms with Gasteiger partial charge in [0.2, 0.25) is 11.4 Å². The molecule has 3 nitrogen and oxygen atoms in total. The Labute approximate surface area is 279 Å². The summed E-state index contributed by atoms with van der Waals surface area (Å²) in [6, 6.07) is 23.4. The van der Waals surface area contributed by atoms with E-state index in [1.165, 1.54) is 38.7 Å². The number of hydrogen-bond acceptors (Lipinski definition) is 1. The molecule has 5 aromatic rings. The molecule has 240 valence electrons. The van der Waals surface area contributed by atoms with Crippen LogP contribution in [-0.4, -0.2) is 7.11 Å². The number of ether oxygens (including phenoxy) is 1. The quantitative estimate of drug-likeness (QED) is 0.149. The van der Waals surface area contributed by atoms with Crippen molar-refractivity contribution in [2.75, 3.05) is 7.11 Å². The van der Waals surface area contributed by atoms with Crippen molar-refractivity contribution in [3.63, 3.8) is 0 Å². The van der Waals surface area contributed by atoms with Gasteiger partial charge in [0.25, 0.3) is 0 Å². The summed E-state index contributed by atoms with van der Waals surface area (Å²) in [5.41, 5.74) is 10.7. The average molecular weight is 627 g/mol. The molecule has 0 saturated carbocycles. The predicted octanol–water partition coefficient (Wildman–Crippen LogP) is 9.80. The van der Waals surface area contributed by atoms with Crippen molar-refractivity contribution < 1.29 is 18.3 Å². The first-order chi connectivity index (χ1) is 22.7. The molecule has 3 heterocycles. The van der Waals surface area contributed by atoms with Crippen LogP contribution in [0.3, 0.4) is 0 Å². The van der Waals surface area contributed by atoms with E-state index in [0.717, 1.165) is 65.8 Å². The Morgan fingerprint density at radius 3 is 2.43 bits per heavy atom. The third-order valence-corrected chi connectivity index (χ3v) is 11.2. The molecule has 0 saturated heterocycles. The van der Waals surface area contributed by atoms with Crippen molar-refractivity contribution in [3.05, 3.63) is 119 Å². The minimum atomic E-state index is -0.498. The highest BCUT2D eigenvalue weighted by Gasteiger charge is 2.48. The van der Waals surface area contributed by atoms with E-state index in [0.29, 0.717) is 6.54 Å². The van der Waals surface area contributed by atoms with E-state index in [2.05, 4.69) is 118 Å². The van der Waals surface area contributed by atoms with Crippen molar-refractivity contribution in [1.29, 1.82) is 0 Å². The van der Waals surface area contributed by atoms with E-state index in [-0.39, 0.29) is 11.4 Å². The molecular formula is C43H47FN2O+2. The Balaban J connectivity index is 1.54. The van der Waals surface area contributed by atoms with Crippen LogP contribution in [-0.2, 0) is 23.9 Å². The third-order valence-electron chi connectivity index (χ3n) is 11.2. The highest BCUT2D eigenvalue weighted by atomic mass is 19.1. The minimum Gasteiger partial charge on any atom is -0.497 e. The van der Waals surface area contributed by atoms with Gasteiger partial charge in [0.05, 0.1) is 23.6 Å². The first-order valence-corrected chi connectivity index (χ1v) is 17.4. The fraction of sp³-hybridized carbons (Fsp3) is 0.349. The molecule has 0 fully saturated rings. The molecule has 47 heavy (non-hydrogen) atoms. The van der Waals surface area contributed by atoms with Gasteiger partial charge in [-0.2, -0.15) is 9.13 Å². The number of allylic oxidation sites excluding steroid dienone is 2. The number of rotatable bonds is 9. The van der Waals surface area contributed by atoms with Gasteiger partial charge in [0.1, 0.15) is 11.6 Å². The molecule has 2 aliphatic rings. The zero-order valence-electron chi connectivity index (χ0n) is 29.0. The van der Waals surface area contributed by atoms with Crippen LogP contribution < -0.4 is 13.9 Å². The average Bonchev–Trinajstić information content (AvgIpc) is 3.19. The first-order valence-electron chi connectivity index (χ1n) is 17.4. The first kappa shape index (κ1) is 31.3. The number of halogens is 1. The highest BCUT2D eigenvalue weighted by Crippen LogP contribution is 2.53. The SMILES string of the molecule is CCCCc1ccc2c3c4[n+](ccc13)C(CC)(CC)C=C(C[n+]1ccccc1-c1cc(OC)ccc1C)c1ccc(F)c(c1-4)C2(C)C. The van der Waals surface area contributed by atoms with Crippen molar-refractivity contribution in [3.8, 4) is 28.3 Å². The van der Waals surface area contributed by atoms with Gasteiger partial charge in [-0.1, -0.05) is 65.3 Å². The van der Waals surface area contributed by atoms with Gasteiger partial charge in [-0.05, 0) is 77.7 Å². The van der Waals surface area contributed by atoms with Crippen LogP contribution in [0.5, 0.6) is 5.75 Å². The maximum atomic E-state index is 16.4. The van der Waals surface area contributed by atoms with E-state index in [1.54, 1.807) is 13.2 Å². The lowest BCUT2D eigenvalue weighted by Crippen LogP contribution is -2.56. The molecule has 0 radical (unpaired) electrons. The minimum absolute atomic E-state index is 0.127. The lowest BCUT2D eigenvalue weighted by atomic mass is 9.67. The van der Waals surface area contributed by atoms with E-state index in [1.807, 2.05) is 12.1 Å². The molecule has 1 aliphatic carbocycles. The summed E-state index contributed by atoms with van der Waals surface area (Å²) in [6.07, 6.45) is 12.2. The van der Waals surface area contributed by atoms with Crippen molar-refractivity contribution >= 4 is 16.3 Å². The van der Waals surface area contributed by atoms with Crippen LogP contribution in [0.4, 0.5) is 4.39 Å². The zero-order valence-corrected chi connectivity index (χ0v) is 29.0. The summed E-state index contributed by atoms with van der Waals surface area (Å²) < 4.78 is 26.9. The maximum absolute atomic E-state index is 16.4. The third kappa shape index (κ3) is 4.74. The van der Waals surface area contributed by atoms with Crippen LogP contribution >= 0.6 is 0 Å². The standard InChI is InChI=1S/C43H47FN2O/c1-8-11-14-29-17-20-35-38-33(29)22-24-46-41(38)39-32(19-21-36(44)40(39)42(35,5)6)30(26-43(46,9-2)10-3)27-45-23-13-12-15-37(45)34-25-31(47-7)18-16-28(34)4/h12-13,15-26H,8-11,14,27H2,1-7H3/q+2. The Hall–Kier alpha value is -4.31. The molecule has 3 aromatic carbocycles. The van der Waals surface area contributed by atoms with Crippen LogP contribution in [0.2, 0.25) is 0 Å². The van der Waals surface area contributed by atoms with E-state index in [9.17, 15) is 0 Å². The molecule has 0 amide bonds. The number of pyridine rings is 2. The predicted molar refractivity (Wildman–Crippen MR) is 190 cm³/mol. The number of unbranched alkanes of at least 4 members (excludes halogenated alkanes) is 1. The number of hydrogen-bond donors (Lipinski definition) is 0. The fourth-order valence-electron chi connectivity index (χ4n) is 8.45. The number of aryl methyl sites for hydroxylation is 2. The summed E-state index contributed by atoms with van der Waals surface area (Å²) >= 11 is 0. The molecule has 0 bridgehead atoms. The molecule has 4 heteroatoms. The molecule has 0 atom stereocenters. The fourth-order valence-corrected chi connectivity index (χ4v) is 8.45. The Bertz CT molecular complexity index is 2070. The maximum Gasteiger partial charge on any atom is 0.222 e. The van der Waals surface area contributed by atoms with Gasteiger partial charge in [0, 0.05) is 47.6 Å². The lowest BCUT2D eigenvalue weighted by Gasteiger charge is -2.36. The van der Waals surface area contributed by atoms with Gasteiger partial charge < -0.3 is 4.74 Å². The molecule has 2 aromatic heterocycles. The largest absolute Gasteiger partial charge is 0.497 e. The number of methoxy groups -OCH3 is 1. The topological polar surface area (TPSA) is 17.0 Å². The molecule has 0 spiro atoms. The zero-order chi connectivity index (χ0) is 33.1. The normalized spacial score (nSPS) is 15.4. The van der Waals surface area contributed by atoms with Crippen LogP contribution in [0.1, 0.15) is 88.1 Å². The second kappa shape index (κ2) is 11.7.